The molecule has 1 saturated heterocycles. The van der Waals surface area contributed by atoms with Crippen LogP contribution in [0.25, 0.3) is 0 Å². The SMILES string of the molecule is CC(=O)OCC1OC(c2cc(CC3Cc4ccccc4S3)ccc2OC(C)C)[C@H](OC(C)=O)[C@@H](OC(C)=O)[C@@H]1OC(C)=O. The summed E-state index contributed by atoms with van der Waals surface area (Å²) in [5, 5.41) is 0.317. The predicted molar refractivity (Wildman–Crippen MR) is 157 cm³/mol. The molecule has 1 fully saturated rings. The number of rotatable bonds is 10. The van der Waals surface area contributed by atoms with Gasteiger partial charge in [0, 0.05) is 43.4 Å². The summed E-state index contributed by atoms with van der Waals surface area (Å²) < 4.78 is 34.8. The average molecular weight is 615 g/mol. The number of benzene rings is 2. The molecule has 43 heavy (non-hydrogen) atoms. The minimum absolute atomic E-state index is 0.199. The molecule has 3 unspecified atom stereocenters. The molecule has 2 aromatic carbocycles. The molecule has 6 atom stereocenters. The van der Waals surface area contributed by atoms with Crippen LogP contribution >= 0.6 is 11.8 Å². The molecular formula is C32H38O10S. The van der Waals surface area contributed by atoms with Gasteiger partial charge in [-0.15, -0.1) is 11.8 Å². The quantitative estimate of drug-likeness (QED) is 0.277. The van der Waals surface area contributed by atoms with Crippen molar-refractivity contribution in [3.8, 4) is 5.75 Å². The van der Waals surface area contributed by atoms with Crippen LogP contribution in [-0.4, -0.2) is 66.3 Å². The molecular weight excluding hydrogens is 576 g/mol. The molecule has 2 aliphatic heterocycles. The van der Waals surface area contributed by atoms with Crippen molar-refractivity contribution in [1.82, 2.24) is 0 Å². The second-order valence-electron chi connectivity index (χ2n) is 10.9. The summed E-state index contributed by atoms with van der Waals surface area (Å²) in [4.78, 5) is 49.8. The van der Waals surface area contributed by atoms with Gasteiger partial charge in [0.1, 0.15) is 24.6 Å². The van der Waals surface area contributed by atoms with E-state index in [0.29, 0.717) is 16.6 Å². The molecule has 2 heterocycles. The summed E-state index contributed by atoms with van der Waals surface area (Å²) >= 11 is 1.83. The number of fused-ring (bicyclic) bond motifs is 1. The number of thioether (sulfide) groups is 1. The Bertz CT molecular complexity index is 1320. The lowest BCUT2D eigenvalue weighted by atomic mass is 9.88. The van der Waals surface area contributed by atoms with Crippen LogP contribution in [0.15, 0.2) is 47.4 Å². The fourth-order valence-electron chi connectivity index (χ4n) is 5.42. The topological polar surface area (TPSA) is 124 Å². The standard InChI is InChI=1S/C32H38O10S/c1-17(2)38-26-12-11-22(13-24-15-23-9-7-8-10-28(23)43-24)14-25(26)29-31(40-20(5)35)32(41-21(6)36)30(39-19(4)34)27(42-29)16-37-18(3)33/h7-12,14,17,24,27,29-32H,13,15-16H2,1-6H3/t24?,27?,29?,30-,31+,32+/m1/s1. The molecule has 0 bridgehead atoms. The Balaban J connectivity index is 1.77. The van der Waals surface area contributed by atoms with E-state index in [1.807, 2.05) is 55.9 Å². The zero-order valence-electron chi connectivity index (χ0n) is 25.2. The smallest absolute Gasteiger partial charge is 0.303 e. The van der Waals surface area contributed by atoms with Crippen molar-refractivity contribution in [3.63, 3.8) is 0 Å². The lowest BCUT2D eigenvalue weighted by Gasteiger charge is -2.45. The van der Waals surface area contributed by atoms with E-state index in [4.69, 9.17) is 28.4 Å². The lowest BCUT2D eigenvalue weighted by Crippen LogP contribution is -2.59. The third kappa shape index (κ3) is 8.51. The molecule has 0 aliphatic carbocycles. The zero-order chi connectivity index (χ0) is 31.3. The van der Waals surface area contributed by atoms with Crippen LogP contribution < -0.4 is 4.74 Å². The van der Waals surface area contributed by atoms with Crippen LogP contribution in [0.1, 0.15) is 64.3 Å². The van der Waals surface area contributed by atoms with E-state index in [1.165, 1.54) is 38.2 Å². The first kappa shape index (κ1) is 32.3. The molecule has 0 amide bonds. The molecule has 232 valence electrons. The maximum atomic E-state index is 12.4. The van der Waals surface area contributed by atoms with E-state index in [1.54, 1.807) is 0 Å². The minimum atomic E-state index is -1.26. The first-order valence-corrected chi connectivity index (χ1v) is 15.1. The summed E-state index contributed by atoms with van der Waals surface area (Å²) in [6, 6.07) is 14.1. The number of carbonyl (C=O) groups is 4. The molecule has 4 rings (SSSR count). The fourth-order valence-corrected chi connectivity index (χ4v) is 6.78. The van der Waals surface area contributed by atoms with Gasteiger partial charge in [-0.05, 0) is 56.0 Å². The lowest BCUT2D eigenvalue weighted by molar-refractivity contribution is -0.254. The van der Waals surface area contributed by atoms with Crippen LogP contribution in [0, 0.1) is 0 Å². The average Bonchev–Trinajstić information content (AvgIpc) is 3.32. The fraction of sp³-hybridized carbons (Fsp3) is 0.500. The van der Waals surface area contributed by atoms with Crippen molar-refractivity contribution >= 4 is 35.6 Å². The van der Waals surface area contributed by atoms with Crippen LogP contribution in [-0.2, 0) is 55.7 Å². The number of esters is 4. The van der Waals surface area contributed by atoms with Crippen molar-refractivity contribution in [1.29, 1.82) is 0 Å². The molecule has 0 aromatic heterocycles. The van der Waals surface area contributed by atoms with Gasteiger partial charge in [0.2, 0.25) is 0 Å². The van der Waals surface area contributed by atoms with Crippen molar-refractivity contribution in [2.75, 3.05) is 6.61 Å². The highest BCUT2D eigenvalue weighted by Gasteiger charge is 2.53. The van der Waals surface area contributed by atoms with Gasteiger partial charge in [0.25, 0.3) is 0 Å². The molecule has 11 heteroatoms. The largest absolute Gasteiger partial charge is 0.491 e. The van der Waals surface area contributed by atoms with E-state index in [-0.39, 0.29) is 12.7 Å². The summed E-state index contributed by atoms with van der Waals surface area (Å²) in [5.74, 6) is -2.11. The molecule has 0 N–H and O–H groups in total. The van der Waals surface area contributed by atoms with Gasteiger partial charge < -0.3 is 28.4 Å². The van der Waals surface area contributed by atoms with Crippen LogP contribution in [0.4, 0.5) is 0 Å². The monoisotopic (exact) mass is 614 g/mol. The predicted octanol–water partition coefficient (Wildman–Crippen LogP) is 4.53. The van der Waals surface area contributed by atoms with Gasteiger partial charge in [-0.25, -0.2) is 0 Å². The van der Waals surface area contributed by atoms with Gasteiger partial charge in [0.15, 0.2) is 18.3 Å². The molecule has 0 saturated carbocycles. The van der Waals surface area contributed by atoms with Crippen molar-refractivity contribution in [2.24, 2.45) is 0 Å². The third-order valence-corrected chi connectivity index (χ3v) is 8.23. The number of hydrogen-bond donors (Lipinski definition) is 0. The maximum Gasteiger partial charge on any atom is 0.303 e. The van der Waals surface area contributed by atoms with E-state index in [2.05, 4.69) is 12.1 Å². The van der Waals surface area contributed by atoms with E-state index >= 15 is 0 Å². The third-order valence-electron chi connectivity index (χ3n) is 6.91. The molecule has 2 aromatic rings. The summed E-state index contributed by atoms with van der Waals surface area (Å²) in [5.41, 5.74) is 2.88. The highest BCUT2D eigenvalue weighted by atomic mass is 32.2. The first-order valence-electron chi connectivity index (χ1n) is 14.3. The number of hydrogen-bond acceptors (Lipinski definition) is 11. The Kier molecular flexibility index (Phi) is 10.7. The highest BCUT2D eigenvalue weighted by Crippen LogP contribution is 2.43. The Morgan fingerprint density at radius 3 is 2.14 bits per heavy atom. The molecule has 2 aliphatic rings. The summed E-state index contributed by atoms with van der Waals surface area (Å²) in [6.45, 7) is 8.33. The second kappa shape index (κ2) is 14.3. The van der Waals surface area contributed by atoms with Gasteiger partial charge in [-0.3, -0.25) is 19.2 Å². The zero-order valence-corrected chi connectivity index (χ0v) is 26.0. The Morgan fingerprint density at radius 2 is 1.51 bits per heavy atom. The maximum absolute atomic E-state index is 12.4. The van der Waals surface area contributed by atoms with Crippen molar-refractivity contribution < 1.29 is 47.6 Å². The summed E-state index contributed by atoms with van der Waals surface area (Å²) in [6.07, 6.45) is -4.30. The van der Waals surface area contributed by atoms with Gasteiger partial charge in [0.05, 0.1) is 6.10 Å². The van der Waals surface area contributed by atoms with E-state index in [9.17, 15) is 19.2 Å². The van der Waals surface area contributed by atoms with Crippen molar-refractivity contribution in [2.45, 2.75) is 101 Å². The molecule has 0 radical (unpaired) electrons. The summed E-state index contributed by atoms with van der Waals surface area (Å²) in [7, 11) is 0. The van der Waals surface area contributed by atoms with Crippen LogP contribution in [0.5, 0.6) is 5.75 Å². The normalized spacial score (nSPS) is 24.5. The van der Waals surface area contributed by atoms with E-state index in [0.717, 1.165) is 18.4 Å². The molecule has 0 spiro atoms. The Morgan fingerprint density at radius 1 is 0.860 bits per heavy atom. The first-order chi connectivity index (χ1) is 20.4. The molecule has 10 nitrogen and oxygen atoms in total. The number of ether oxygens (including phenoxy) is 6. The minimum Gasteiger partial charge on any atom is -0.491 e. The Hall–Kier alpha value is -3.57. The Labute approximate surface area is 255 Å². The van der Waals surface area contributed by atoms with E-state index < -0.39 is 54.4 Å². The second-order valence-corrected chi connectivity index (χ2v) is 12.3. The van der Waals surface area contributed by atoms with Crippen molar-refractivity contribution in [3.05, 3.63) is 59.2 Å². The number of carbonyl (C=O) groups excluding carboxylic acids is 4. The van der Waals surface area contributed by atoms with Crippen LogP contribution in [0.3, 0.4) is 0 Å². The van der Waals surface area contributed by atoms with Gasteiger partial charge in [-0.1, -0.05) is 24.3 Å². The van der Waals surface area contributed by atoms with Crippen LogP contribution in [0.2, 0.25) is 0 Å². The highest BCUT2D eigenvalue weighted by molar-refractivity contribution is 8.00. The van der Waals surface area contributed by atoms with Gasteiger partial charge >= 0.3 is 23.9 Å². The van der Waals surface area contributed by atoms with Gasteiger partial charge in [-0.2, -0.15) is 0 Å².